The van der Waals surface area contributed by atoms with Gasteiger partial charge in [0.05, 0.1) is 0 Å². The second-order valence-corrected chi connectivity index (χ2v) is 7.51. The van der Waals surface area contributed by atoms with Crippen LogP contribution in [0.4, 0.5) is 13.2 Å². The molecule has 31 heavy (non-hydrogen) atoms. The van der Waals surface area contributed by atoms with Crippen molar-refractivity contribution in [2.45, 2.75) is 38.1 Å². The Bertz CT molecular complexity index is 819. The molecule has 0 spiro atoms. The van der Waals surface area contributed by atoms with Gasteiger partial charge in [0.25, 0.3) is 0 Å². The number of alkyl halides is 3. The summed E-state index contributed by atoms with van der Waals surface area (Å²) in [5.74, 6) is 0.643. The first kappa shape index (κ1) is 22.9. The van der Waals surface area contributed by atoms with Crippen LogP contribution < -0.4 is 15.4 Å². The molecule has 1 saturated heterocycles. The van der Waals surface area contributed by atoms with Crippen LogP contribution in [0.3, 0.4) is 0 Å². The minimum Gasteiger partial charge on any atom is -0.468 e. The summed E-state index contributed by atoms with van der Waals surface area (Å²) in [7, 11) is 1.71. The fourth-order valence-electron chi connectivity index (χ4n) is 3.41. The van der Waals surface area contributed by atoms with Crippen molar-refractivity contribution in [1.82, 2.24) is 20.5 Å². The topological polar surface area (TPSA) is 61.8 Å². The van der Waals surface area contributed by atoms with E-state index in [0.717, 1.165) is 38.0 Å². The highest BCUT2D eigenvalue weighted by Crippen LogP contribution is 2.17. The van der Waals surface area contributed by atoms with Gasteiger partial charge in [-0.05, 0) is 24.0 Å². The molecule has 6 nitrogen and oxygen atoms in total. The molecular weight excluding hydrogens is 407 g/mol. The summed E-state index contributed by atoms with van der Waals surface area (Å²) in [5, 5.41) is 6.67. The van der Waals surface area contributed by atoms with Crippen molar-refractivity contribution in [3.05, 3.63) is 59.8 Å². The second-order valence-electron chi connectivity index (χ2n) is 7.51. The smallest absolute Gasteiger partial charge is 0.422 e. The molecule has 2 N–H and O–H groups in total. The van der Waals surface area contributed by atoms with E-state index in [1.807, 2.05) is 6.07 Å². The van der Waals surface area contributed by atoms with Gasteiger partial charge in [-0.15, -0.1) is 0 Å². The molecule has 0 atom stereocenters. The largest absolute Gasteiger partial charge is 0.468 e. The molecule has 0 aliphatic carbocycles. The van der Waals surface area contributed by atoms with Crippen LogP contribution >= 0.6 is 0 Å². The highest BCUT2D eigenvalue weighted by molar-refractivity contribution is 5.79. The van der Waals surface area contributed by atoms with Crippen molar-refractivity contribution in [2.24, 2.45) is 4.99 Å². The van der Waals surface area contributed by atoms with Crippen LogP contribution in [-0.4, -0.2) is 54.8 Å². The predicted octanol–water partition coefficient (Wildman–Crippen LogP) is 3.35. The monoisotopic (exact) mass is 435 g/mol. The van der Waals surface area contributed by atoms with E-state index in [9.17, 15) is 13.2 Å². The summed E-state index contributed by atoms with van der Waals surface area (Å²) in [6.07, 6.45) is -0.827. The van der Waals surface area contributed by atoms with Crippen molar-refractivity contribution in [2.75, 3.05) is 26.7 Å². The first-order valence-electron chi connectivity index (χ1n) is 10.3. The molecule has 0 unspecified atom stereocenters. The van der Waals surface area contributed by atoms with E-state index >= 15 is 0 Å². The molecule has 1 fully saturated rings. The zero-order valence-electron chi connectivity index (χ0n) is 17.5. The second kappa shape index (κ2) is 11.0. The summed E-state index contributed by atoms with van der Waals surface area (Å²) in [6, 6.07) is 13.9. The fraction of sp³-hybridized carbons (Fsp3) is 0.455. The maximum atomic E-state index is 12.2. The number of ether oxygens (including phenoxy) is 1. The van der Waals surface area contributed by atoms with Crippen molar-refractivity contribution in [1.29, 1.82) is 0 Å². The third kappa shape index (κ3) is 8.09. The molecule has 1 aromatic heterocycles. The molecule has 1 aliphatic rings. The van der Waals surface area contributed by atoms with E-state index in [2.05, 4.69) is 54.5 Å². The maximum Gasteiger partial charge on any atom is 0.422 e. The number of likely N-dealkylation sites (tertiary alicyclic amines) is 1. The number of piperidine rings is 1. The SMILES string of the molecule is CN=C(NCc1ccc(OCC(F)(F)F)nc1)NC1CCN(Cc2ccccc2)CC1. The average molecular weight is 435 g/mol. The lowest BCUT2D eigenvalue weighted by atomic mass is 10.0. The molecular formula is C22H28F3N5O. The van der Waals surface area contributed by atoms with Crippen molar-refractivity contribution in [3.63, 3.8) is 0 Å². The lowest BCUT2D eigenvalue weighted by Gasteiger charge is -2.33. The van der Waals surface area contributed by atoms with Gasteiger partial charge in [0, 0.05) is 51.5 Å². The Balaban J connectivity index is 1.39. The van der Waals surface area contributed by atoms with Gasteiger partial charge in [-0.1, -0.05) is 36.4 Å². The number of aliphatic imine (C=N–C) groups is 1. The number of rotatable bonds is 7. The van der Waals surface area contributed by atoms with Gasteiger partial charge < -0.3 is 15.4 Å². The van der Waals surface area contributed by atoms with Crippen LogP contribution in [0.25, 0.3) is 0 Å². The first-order chi connectivity index (χ1) is 14.9. The van der Waals surface area contributed by atoms with E-state index < -0.39 is 12.8 Å². The molecule has 2 aromatic rings. The summed E-state index contributed by atoms with van der Waals surface area (Å²) in [5.41, 5.74) is 2.15. The zero-order chi connectivity index (χ0) is 22.1. The zero-order valence-corrected chi connectivity index (χ0v) is 17.5. The molecule has 2 heterocycles. The van der Waals surface area contributed by atoms with Crippen LogP contribution in [0.5, 0.6) is 5.88 Å². The van der Waals surface area contributed by atoms with Gasteiger partial charge in [0.2, 0.25) is 5.88 Å². The van der Waals surface area contributed by atoms with Crippen LogP contribution in [0.1, 0.15) is 24.0 Å². The molecule has 9 heteroatoms. The van der Waals surface area contributed by atoms with Crippen LogP contribution in [0.15, 0.2) is 53.7 Å². The molecule has 0 saturated carbocycles. The number of aromatic nitrogens is 1. The third-order valence-electron chi connectivity index (χ3n) is 5.04. The normalized spacial score (nSPS) is 16.2. The summed E-state index contributed by atoms with van der Waals surface area (Å²) >= 11 is 0. The number of hydrogen-bond acceptors (Lipinski definition) is 4. The van der Waals surface area contributed by atoms with Crippen LogP contribution in [0.2, 0.25) is 0 Å². The Morgan fingerprint density at radius 2 is 1.87 bits per heavy atom. The Hall–Kier alpha value is -2.81. The number of nitrogens with zero attached hydrogens (tertiary/aromatic N) is 3. The lowest BCUT2D eigenvalue weighted by molar-refractivity contribution is -0.154. The quantitative estimate of drug-likeness (QED) is 0.516. The Morgan fingerprint density at radius 3 is 2.48 bits per heavy atom. The van der Waals surface area contributed by atoms with Gasteiger partial charge in [0.15, 0.2) is 12.6 Å². The van der Waals surface area contributed by atoms with Crippen molar-refractivity contribution < 1.29 is 17.9 Å². The highest BCUT2D eigenvalue weighted by atomic mass is 19.4. The minimum atomic E-state index is -4.38. The number of halogens is 3. The van der Waals surface area contributed by atoms with Gasteiger partial charge in [-0.2, -0.15) is 13.2 Å². The van der Waals surface area contributed by atoms with Crippen LogP contribution in [0, 0.1) is 0 Å². The van der Waals surface area contributed by atoms with Gasteiger partial charge in [-0.3, -0.25) is 9.89 Å². The van der Waals surface area contributed by atoms with E-state index in [-0.39, 0.29) is 5.88 Å². The van der Waals surface area contributed by atoms with Crippen LogP contribution in [-0.2, 0) is 13.1 Å². The summed E-state index contributed by atoms with van der Waals surface area (Å²) in [6.45, 7) is 2.12. The summed E-state index contributed by atoms with van der Waals surface area (Å²) in [4.78, 5) is 10.6. The first-order valence-corrected chi connectivity index (χ1v) is 10.3. The number of pyridine rings is 1. The predicted molar refractivity (Wildman–Crippen MR) is 114 cm³/mol. The van der Waals surface area contributed by atoms with Gasteiger partial charge in [0.1, 0.15) is 0 Å². The Labute approximate surface area is 180 Å². The third-order valence-corrected chi connectivity index (χ3v) is 5.04. The molecule has 0 radical (unpaired) electrons. The fourth-order valence-corrected chi connectivity index (χ4v) is 3.41. The molecule has 0 amide bonds. The van der Waals surface area contributed by atoms with Gasteiger partial charge in [-0.25, -0.2) is 4.98 Å². The summed E-state index contributed by atoms with van der Waals surface area (Å²) < 4.78 is 41.2. The number of guanidine groups is 1. The molecule has 1 aromatic carbocycles. The van der Waals surface area contributed by atoms with Gasteiger partial charge >= 0.3 is 6.18 Å². The van der Waals surface area contributed by atoms with E-state index in [1.165, 1.54) is 17.8 Å². The lowest BCUT2D eigenvalue weighted by Crippen LogP contribution is -2.48. The van der Waals surface area contributed by atoms with Crippen molar-refractivity contribution in [3.8, 4) is 5.88 Å². The number of hydrogen-bond donors (Lipinski definition) is 2. The number of benzene rings is 1. The Morgan fingerprint density at radius 1 is 1.13 bits per heavy atom. The molecule has 168 valence electrons. The van der Waals surface area contributed by atoms with E-state index in [1.54, 1.807) is 13.1 Å². The highest BCUT2D eigenvalue weighted by Gasteiger charge is 2.28. The number of nitrogens with one attached hydrogen (secondary N) is 2. The maximum absolute atomic E-state index is 12.2. The van der Waals surface area contributed by atoms with E-state index in [0.29, 0.717) is 18.5 Å². The Kier molecular flexibility index (Phi) is 8.11. The van der Waals surface area contributed by atoms with Crippen molar-refractivity contribution >= 4 is 5.96 Å². The van der Waals surface area contributed by atoms with E-state index in [4.69, 9.17) is 0 Å². The molecule has 3 rings (SSSR count). The average Bonchev–Trinajstić information content (AvgIpc) is 2.77. The molecule has 0 bridgehead atoms. The standard InChI is InChI=1S/C22H28F3N5O/c1-26-21(28-14-18-7-8-20(27-13-18)31-16-22(23,24)25)29-19-9-11-30(12-10-19)15-17-5-3-2-4-6-17/h2-8,13,19H,9-12,14-16H2,1H3,(H2,26,28,29). The molecule has 1 aliphatic heterocycles. The minimum absolute atomic E-state index is 0.0501.